The fourth-order valence-electron chi connectivity index (χ4n) is 2.37. The Bertz CT molecular complexity index is 376. The number of benzene rings is 1. The SMILES string of the molecule is CCNC(CC1CCC1)c1ccc(I)c(Cl)c1. The van der Waals surface area contributed by atoms with Gasteiger partial charge < -0.3 is 5.32 Å². The second-order valence-corrected chi connectivity index (χ2v) is 6.39. The first kappa shape index (κ1) is 13.6. The van der Waals surface area contributed by atoms with Crippen molar-refractivity contribution in [1.82, 2.24) is 5.32 Å². The molecule has 0 amide bonds. The summed E-state index contributed by atoms with van der Waals surface area (Å²) in [5, 5.41) is 4.46. The van der Waals surface area contributed by atoms with Crippen LogP contribution in [0.15, 0.2) is 18.2 Å². The van der Waals surface area contributed by atoms with Crippen LogP contribution in [-0.4, -0.2) is 6.54 Å². The van der Waals surface area contributed by atoms with E-state index in [2.05, 4.69) is 53.0 Å². The maximum absolute atomic E-state index is 6.21. The fraction of sp³-hybridized carbons (Fsp3) is 0.571. The van der Waals surface area contributed by atoms with E-state index < -0.39 is 0 Å². The lowest BCUT2D eigenvalue weighted by molar-refractivity contribution is 0.262. The number of nitrogens with one attached hydrogen (secondary N) is 1. The molecule has 0 aliphatic heterocycles. The number of hydrogen-bond donors (Lipinski definition) is 1. The smallest absolute Gasteiger partial charge is 0.0542 e. The Morgan fingerprint density at radius 2 is 2.24 bits per heavy atom. The van der Waals surface area contributed by atoms with Crippen LogP contribution in [0.1, 0.15) is 44.2 Å². The lowest BCUT2D eigenvalue weighted by Crippen LogP contribution is -2.25. The molecule has 0 aromatic heterocycles. The summed E-state index contributed by atoms with van der Waals surface area (Å²) in [7, 11) is 0. The van der Waals surface area contributed by atoms with Crippen molar-refractivity contribution in [3.63, 3.8) is 0 Å². The van der Waals surface area contributed by atoms with Crippen LogP contribution >= 0.6 is 34.2 Å². The van der Waals surface area contributed by atoms with E-state index in [0.29, 0.717) is 6.04 Å². The molecule has 94 valence electrons. The predicted octanol–water partition coefficient (Wildman–Crippen LogP) is 4.79. The molecule has 1 aromatic rings. The predicted molar refractivity (Wildman–Crippen MR) is 82.5 cm³/mol. The molecule has 1 aliphatic carbocycles. The Morgan fingerprint density at radius 1 is 1.47 bits per heavy atom. The molecule has 0 saturated heterocycles. The molecule has 1 atom stereocenters. The van der Waals surface area contributed by atoms with Gasteiger partial charge in [0.15, 0.2) is 0 Å². The third kappa shape index (κ3) is 3.58. The van der Waals surface area contributed by atoms with Gasteiger partial charge in [0.25, 0.3) is 0 Å². The van der Waals surface area contributed by atoms with E-state index in [0.717, 1.165) is 21.1 Å². The van der Waals surface area contributed by atoms with Gasteiger partial charge in [-0.25, -0.2) is 0 Å². The highest BCUT2D eigenvalue weighted by Crippen LogP contribution is 2.35. The van der Waals surface area contributed by atoms with Crippen molar-refractivity contribution in [2.24, 2.45) is 5.92 Å². The number of halogens is 2. The van der Waals surface area contributed by atoms with Crippen molar-refractivity contribution >= 4 is 34.2 Å². The Labute approximate surface area is 122 Å². The van der Waals surface area contributed by atoms with Crippen molar-refractivity contribution in [3.8, 4) is 0 Å². The molecule has 1 N–H and O–H groups in total. The van der Waals surface area contributed by atoms with Crippen molar-refractivity contribution in [1.29, 1.82) is 0 Å². The molecule has 3 heteroatoms. The summed E-state index contributed by atoms with van der Waals surface area (Å²) in [6, 6.07) is 6.91. The fourth-order valence-corrected chi connectivity index (χ4v) is 2.90. The van der Waals surface area contributed by atoms with E-state index in [1.807, 2.05) is 0 Å². The minimum atomic E-state index is 0.472. The average Bonchev–Trinajstić information content (AvgIpc) is 2.25. The molecule has 2 rings (SSSR count). The van der Waals surface area contributed by atoms with Gasteiger partial charge in [-0.15, -0.1) is 0 Å². The van der Waals surface area contributed by atoms with Crippen molar-refractivity contribution < 1.29 is 0 Å². The molecule has 0 radical (unpaired) electrons. The molecule has 1 saturated carbocycles. The molecule has 1 fully saturated rings. The zero-order chi connectivity index (χ0) is 12.3. The third-order valence-corrected chi connectivity index (χ3v) is 5.16. The summed E-state index contributed by atoms with van der Waals surface area (Å²) >= 11 is 8.48. The van der Waals surface area contributed by atoms with Crippen molar-refractivity contribution in [2.45, 2.75) is 38.6 Å². The number of rotatable bonds is 5. The van der Waals surface area contributed by atoms with Crippen LogP contribution < -0.4 is 5.32 Å². The maximum Gasteiger partial charge on any atom is 0.0542 e. The van der Waals surface area contributed by atoms with Gasteiger partial charge in [0, 0.05) is 9.61 Å². The van der Waals surface area contributed by atoms with Gasteiger partial charge in [0.1, 0.15) is 0 Å². The summed E-state index contributed by atoms with van der Waals surface area (Å²) in [6.45, 7) is 3.18. The number of hydrogen-bond acceptors (Lipinski definition) is 1. The van der Waals surface area contributed by atoms with Crippen LogP contribution in [0.25, 0.3) is 0 Å². The second kappa shape index (κ2) is 6.39. The lowest BCUT2D eigenvalue weighted by Gasteiger charge is -2.30. The molecule has 1 nitrogen and oxygen atoms in total. The van der Waals surface area contributed by atoms with Gasteiger partial charge >= 0.3 is 0 Å². The van der Waals surface area contributed by atoms with E-state index in [9.17, 15) is 0 Å². The minimum Gasteiger partial charge on any atom is -0.310 e. The summed E-state index contributed by atoms with van der Waals surface area (Å²) in [4.78, 5) is 0. The maximum atomic E-state index is 6.21. The first-order valence-electron chi connectivity index (χ1n) is 6.39. The topological polar surface area (TPSA) is 12.0 Å². The van der Waals surface area contributed by atoms with Gasteiger partial charge in [0.2, 0.25) is 0 Å². The highest BCUT2D eigenvalue weighted by atomic mass is 127. The van der Waals surface area contributed by atoms with Gasteiger partial charge in [-0.3, -0.25) is 0 Å². The van der Waals surface area contributed by atoms with Gasteiger partial charge in [0.05, 0.1) is 5.02 Å². The summed E-state index contributed by atoms with van der Waals surface area (Å²) in [5.74, 6) is 0.914. The standard InChI is InChI=1S/C14H19ClIN/c1-2-17-14(8-10-4-3-5-10)11-6-7-13(16)12(15)9-11/h6-7,9-10,14,17H,2-5,8H2,1H3. The van der Waals surface area contributed by atoms with Crippen LogP contribution in [0.2, 0.25) is 5.02 Å². The van der Waals surface area contributed by atoms with Crippen molar-refractivity contribution in [2.75, 3.05) is 6.54 Å². The first-order chi connectivity index (χ1) is 8.20. The lowest BCUT2D eigenvalue weighted by atomic mass is 9.79. The first-order valence-corrected chi connectivity index (χ1v) is 7.84. The van der Waals surface area contributed by atoms with E-state index in [1.54, 1.807) is 0 Å². The minimum absolute atomic E-state index is 0.472. The summed E-state index contributed by atoms with van der Waals surface area (Å²) in [5.41, 5.74) is 1.34. The molecule has 0 spiro atoms. The van der Waals surface area contributed by atoms with Crippen LogP contribution in [0, 0.1) is 9.49 Å². The van der Waals surface area contributed by atoms with Crippen LogP contribution in [0.5, 0.6) is 0 Å². The molecule has 0 heterocycles. The molecule has 17 heavy (non-hydrogen) atoms. The summed E-state index contributed by atoms with van der Waals surface area (Å²) in [6.07, 6.45) is 5.47. The third-order valence-electron chi connectivity index (χ3n) is 3.59. The Morgan fingerprint density at radius 3 is 2.76 bits per heavy atom. The zero-order valence-electron chi connectivity index (χ0n) is 10.2. The zero-order valence-corrected chi connectivity index (χ0v) is 13.1. The van der Waals surface area contributed by atoms with E-state index in [1.165, 1.54) is 31.2 Å². The van der Waals surface area contributed by atoms with E-state index in [4.69, 9.17) is 11.6 Å². The van der Waals surface area contributed by atoms with Gasteiger partial charge in [-0.05, 0) is 59.2 Å². The van der Waals surface area contributed by atoms with Gasteiger partial charge in [-0.2, -0.15) is 0 Å². The molecule has 0 bridgehead atoms. The van der Waals surface area contributed by atoms with Crippen molar-refractivity contribution in [3.05, 3.63) is 32.4 Å². The largest absolute Gasteiger partial charge is 0.310 e. The van der Waals surface area contributed by atoms with Crippen LogP contribution in [0.4, 0.5) is 0 Å². The summed E-state index contributed by atoms with van der Waals surface area (Å²) < 4.78 is 1.13. The molecule has 1 aliphatic rings. The molecule has 1 unspecified atom stereocenters. The van der Waals surface area contributed by atoms with Crippen LogP contribution in [0.3, 0.4) is 0 Å². The monoisotopic (exact) mass is 363 g/mol. The Kier molecular flexibility index (Phi) is 5.12. The molecular weight excluding hydrogens is 345 g/mol. The molecular formula is C14H19ClIN. The van der Waals surface area contributed by atoms with E-state index >= 15 is 0 Å². The van der Waals surface area contributed by atoms with Gasteiger partial charge in [-0.1, -0.05) is 43.9 Å². The highest BCUT2D eigenvalue weighted by Gasteiger charge is 2.22. The van der Waals surface area contributed by atoms with Crippen LogP contribution in [-0.2, 0) is 0 Å². The Balaban J connectivity index is 2.09. The quantitative estimate of drug-likeness (QED) is 0.742. The second-order valence-electron chi connectivity index (χ2n) is 4.82. The Hall–Kier alpha value is 0.200. The normalized spacial score (nSPS) is 17.8. The average molecular weight is 364 g/mol. The molecule has 1 aromatic carbocycles. The van der Waals surface area contributed by atoms with E-state index in [-0.39, 0.29) is 0 Å². The highest BCUT2D eigenvalue weighted by molar-refractivity contribution is 14.1.